The molecule has 9 heteroatoms. The molecule has 3 aromatic rings. The van der Waals surface area contributed by atoms with Gasteiger partial charge in [0.25, 0.3) is 5.91 Å². The van der Waals surface area contributed by atoms with Gasteiger partial charge >= 0.3 is 0 Å². The van der Waals surface area contributed by atoms with E-state index in [1.54, 1.807) is 18.4 Å². The number of piperazine rings is 1. The summed E-state index contributed by atoms with van der Waals surface area (Å²) in [5.41, 5.74) is 1.42. The first-order chi connectivity index (χ1) is 14.6. The van der Waals surface area contributed by atoms with E-state index < -0.39 is 0 Å². The van der Waals surface area contributed by atoms with Crippen molar-refractivity contribution in [3.05, 3.63) is 65.2 Å². The summed E-state index contributed by atoms with van der Waals surface area (Å²) in [6.07, 6.45) is 3.07. The average Bonchev–Trinajstić information content (AvgIpc) is 3.31. The van der Waals surface area contributed by atoms with Crippen molar-refractivity contribution in [2.45, 2.75) is 6.54 Å². The molecule has 1 amide bonds. The number of hydrogen-bond acceptors (Lipinski definition) is 7. The Morgan fingerprint density at radius 2 is 1.90 bits per heavy atom. The van der Waals surface area contributed by atoms with Gasteiger partial charge in [-0.25, -0.2) is 4.98 Å². The first-order valence-electron chi connectivity index (χ1n) is 9.61. The molecule has 4 rings (SSSR count). The first kappa shape index (κ1) is 20.0. The van der Waals surface area contributed by atoms with Crippen molar-refractivity contribution in [1.82, 2.24) is 15.3 Å². The lowest BCUT2D eigenvalue weighted by Crippen LogP contribution is -2.47. The summed E-state index contributed by atoms with van der Waals surface area (Å²) in [6, 6.07) is 11.4. The van der Waals surface area contributed by atoms with Crippen molar-refractivity contribution in [2.75, 3.05) is 43.1 Å². The second-order valence-corrected chi connectivity index (χ2v) is 7.24. The summed E-state index contributed by atoms with van der Waals surface area (Å²) in [7, 11) is 1.49. The van der Waals surface area contributed by atoms with Crippen molar-refractivity contribution in [2.24, 2.45) is 0 Å². The number of rotatable bonds is 6. The number of benzene rings is 1. The minimum absolute atomic E-state index is 0.247. The molecular formula is C21H22ClN5O3. The summed E-state index contributed by atoms with van der Waals surface area (Å²) in [5, 5.41) is 3.51. The molecule has 1 saturated heterocycles. The predicted octanol–water partition coefficient (Wildman–Crippen LogP) is 2.99. The number of aromatic nitrogens is 2. The van der Waals surface area contributed by atoms with Gasteiger partial charge in [-0.1, -0.05) is 11.6 Å². The molecule has 3 heterocycles. The van der Waals surface area contributed by atoms with Gasteiger partial charge in [-0.2, -0.15) is 4.98 Å². The van der Waals surface area contributed by atoms with E-state index in [-0.39, 0.29) is 23.9 Å². The number of amides is 1. The van der Waals surface area contributed by atoms with Gasteiger partial charge < -0.3 is 24.3 Å². The fraction of sp³-hybridized carbons (Fsp3) is 0.286. The largest absolute Gasteiger partial charge is 0.480 e. The summed E-state index contributed by atoms with van der Waals surface area (Å²) in [6.45, 7) is 3.46. The maximum Gasteiger partial charge on any atom is 0.258 e. The molecule has 0 saturated carbocycles. The molecule has 8 nitrogen and oxygen atoms in total. The number of carbonyl (C=O) groups excluding carboxylic acids is 1. The molecule has 1 aliphatic rings. The molecule has 1 aromatic carbocycles. The van der Waals surface area contributed by atoms with Crippen LogP contribution < -0.4 is 19.9 Å². The van der Waals surface area contributed by atoms with Crippen LogP contribution in [0.4, 0.5) is 11.6 Å². The monoisotopic (exact) mass is 427 g/mol. The van der Waals surface area contributed by atoms with Crippen LogP contribution in [0.3, 0.4) is 0 Å². The van der Waals surface area contributed by atoms with Crippen LogP contribution in [0.1, 0.15) is 16.1 Å². The molecule has 1 N–H and O–H groups in total. The van der Waals surface area contributed by atoms with Gasteiger partial charge in [0, 0.05) is 43.1 Å². The Kier molecular flexibility index (Phi) is 6.04. The minimum Gasteiger partial charge on any atom is -0.480 e. The fourth-order valence-electron chi connectivity index (χ4n) is 3.31. The molecule has 0 bridgehead atoms. The molecule has 0 atom stereocenters. The van der Waals surface area contributed by atoms with Gasteiger partial charge in [-0.05, 0) is 36.4 Å². The average molecular weight is 428 g/mol. The maximum atomic E-state index is 12.5. The Morgan fingerprint density at radius 3 is 2.57 bits per heavy atom. The van der Waals surface area contributed by atoms with Crippen molar-refractivity contribution in [3.8, 4) is 5.88 Å². The molecule has 2 aromatic heterocycles. The molecule has 1 fully saturated rings. The summed E-state index contributed by atoms with van der Waals surface area (Å²) < 4.78 is 10.6. The van der Waals surface area contributed by atoms with Crippen molar-refractivity contribution < 1.29 is 13.9 Å². The smallest absolute Gasteiger partial charge is 0.258 e. The predicted molar refractivity (Wildman–Crippen MR) is 114 cm³/mol. The van der Waals surface area contributed by atoms with Gasteiger partial charge in [0.05, 0.1) is 19.9 Å². The third-order valence-corrected chi connectivity index (χ3v) is 5.19. The van der Waals surface area contributed by atoms with Crippen molar-refractivity contribution in [1.29, 1.82) is 0 Å². The standard InChI is InChI=1S/C21H22ClN5O3/c1-29-20-18(19(28)23-13-17-3-2-12-30-17)14-24-21(25-20)27-10-8-26(9-11-27)16-6-4-15(22)5-7-16/h2-7,12,14H,8-11,13H2,1H3,(H,23,28). The lowest BCUT2D eigenvalue weighted by Gasteiger charge is -2.36. The van der Waals surface area contributed by atoms with Crippen molar-refractivity contribution in [3.63, 3.8) is 0 Å². The van der Waals surface area contributed by atoms with Gasteiger partial charge in [-0.15, -0.1) is 0 Å². The normalized spacial score (nSPS) is 13.9. The zero-order valence-corrected chi connectivity index (χ0v) is 17.3. The van der Waals surface area contributed by atoms with Crippen LogP contribution in [0, 0.1) is 0 Å². The number of furan rings is 1. The Balaban J connectivity index is 1.40. The third kappa shape index (κ3) is 4.49. The van der Waals surface area contributed by atoms with E-state index in [0.29, 0.717) is 11.7 Å². The Bertz CT molecular complexity index is 986. The van der Waals surface area contributed by atoms with E-state index in [2.05, 4.69) is 25.1 Å². The van der Waals surface area contributed by atoms with E-state index in [1.807, 2.05) is 24.3 Å². The van der Waals surface area contributed by atoms with Crippen LogP contribution in [0.25, 0.3) is 0 Å². The maximum absolute atomic E-state index is 12.5. The molecule has 30 heavy (non-hydrogen) atoms. The highest BCUT2D eigenvalue weighted by atomic mass is 35.5. The Morgan fingerprint density at radius 1 is 1.17 bits per heavy atom. The topological polar surface area (TPSA) is 83.7 Å². The Hall–Kier alpha value is -3.26. The first-order valence-corrected chi connectivity index (χ1v) is 9.99. The fourth-order valence-corrected chi connectivity index (χ4v) is 3.44. The van der Waals surface area contributed by atoms with E-state index in [9.17, 15) is 4.79 Å². The summed E-state index contributed by atoms with van der Waals surface area (Å²) in [5.74, 6) is 1.14. The molecule has 0 spiro atoms. The van der Waals surface area contributed by atoms with Crippen LogP contribution in [0.2, 0.25) is 5.02 Å². The Labute approximate surface area is 179 Å². The number of anilines is 2. The number of halogens is 1. The van der Waals surface area contributed by atoms with Gasteiger partial charge in [-0.3, -0.25) is 4.79 Å². The number of hydrogen-bond donors (Lipinski definition) is 1. The van der Waals surface area contributed by atoms with Crippen molar-refractivity contribution >= 4 is 29.1 Å². The molecule has 1 aliphatic heterocycles. The van der Waals surface area contributed by atoms with E-state index in [1.165, 1.54) is 13.3 Å². The molecular weight excluding hydrogens is 406 g/mol. The molecule has 0 aliphatic carbocycles. The highest BCUT2D eigenvalue weighted by Gasteiger charge is 2.22. The second kappa shape index (κ2) is 9.04. The third-order valence-electron chi connectivity index (χ3n) is 4.94. The number of carbonyl (C=O) groups is 1. The second-order valence-electron chi connectivity index (χ2n) is 6.81. The number of nitrogens with zero attached hydrogens (tertiary/aromatic N) is 4. The molecule has 0 unspecified atom stereocenters. The zero-order chi connectivity index (χ0) is 20.9. The van der Waals surface area contributed by atoms with Crippen LogP contribution in [0.15, 0.2) is 53.3 Å². The quantitative estimate of drug-likeness (QED) is 0.647. The van der Waals surface area contributed by atoms with Gasteiger partial charge in [0.1, 0.15) is 11.3 Å². The van der Waals surface area contributed by atoms with Crippen LogP contribution in [0.5, 0.6) is 5.88 Å². The van der Waals surface area contributed by atoms with Crippen LogP contribution in [-0.4, -0.2) is 49.2 Å². The van der Waals surface area contributed by atoms with E-state index in [4.69, 9.17) is 20.8 Å². The van der Waals surface area contributed by atoms with E-state index in [0.717, 1.165) is 36.9 Å². The number of nitrogens with one attached hydrogen (secondary N) is 1. The highest BCUT2D eigenvalue weighted by molar-refractivity contribution is 6.30. The van der Waals surface area contributed by atoms with Gasteiger partial charge in [0.2, 0.25) is 11.8 Å². The molecule has 156 valence electrons. The lowest BCUT2D eigenvalue weighted by atomic mass is 10.2. The highest BCUT2D eigenvalue weighted by Crippen LogP contribution is 2.23. The summed E-state index contributed by atoms with van der Waals surface area (Å²) >= 11 is 5.97. The van der Waals surface area contributed by atoms with E-state index >= 15 is 0 Å². The minimum atomic E-state index is -0.317. The van der Waals surface area contributed by atoms with Crippen LogP contribution in [-0.2, 0) is 6.54 Å². The molecule has 0 radical (unpaired) electrons. The SMILES string of the molecule is COc1nc(N2CCN(c3ccc(Cl)cc3)CC2)ncc1C(=O)NCc1ccco1. The van der Waals surface area contributed by atoms with Gasteiger partial charge in [0.15, 0.2) is 0 Å². The lowest BCUT2D eigenvalue weighted by molar-refractivity contribution is 0.0944. The number of ether oxygens (including phenoxy) is 1. The summed E-state index contributed by atoms with van der Waals surface area (Å²) in [4.78, 5) is 25.7. The van der Waals surface area contributed by atoms with Crippen LogP contribution >= 0.6 is 11.6 Å². The number of methoxy groups -OCH3 is 1. The zero-order valence-electron chi connectivity index (χ0n) is 16.5.